The second-order valence-corrected chi connectivity index (χ2v) is 5.26. The number of ether oxygens (including phenoxy) is 1. The van der Waals surface area contributed by atoms with Gasteiger partial charge in [-0.1, -0.05) is 0 Å². The molecule has 0 radical (unpaired) electrons. The van der Waals surface area contributed by atoms with Gasteiger partial charge in [-0.25, -0.2) is 4.39 Å². The second-order valence-electron chi connectivity index (χ2n) is 5.26. The Balaban J connectivity index is 1.91. The number of rotatable bonds is 5. The van der Waals surface area contributed by atoms with Crippen molar-refractivity contribution >= 4 is 11.8 Å². The van der Waals surface area contributed by atoms with Gasteiger partial charge in [-0.15, -0.1) is 0 Å². The summed E-state index contributed by atoms with van der Waals surface area (Å²) in [6.45, 7) is 3.76. The van der Waals surface area contributed by atoms with Crippen LogP contribution in [0, 0.1) is 11.7 Å². The van der Waals surface area contributed by atoms with E-state index in [9.17, 15) is 14.0 Å². The molecule has 1 saturated heterocycles. The van der Waals surface area contributed by atoms with Crippen LogP contribution in [0.25, 0.3) is 0 Å². The van der Waals surface area contributed by atoms with E-state index in [-0.39, 0.29) is 30.0 Å². The topological polar surface area (TPSA) is 46.6 Å². The molecule has 2 rings (SSSR count). The van der Waals surface area contributed by atoms with Crippen LogP contribution in [-0.4, -0.2) is 42.9 Å². The molecule has 0 amide bonds. The highest BCUT2D eigenvalue weighted by atomic mass is 19.1. The van der Waals surface area contributed by atoms with Crippen LogP contribution in [0.3, 0.4) is 0 Å². The minimum Gasteiger partial charge on any atom is -0.466 e. The molecule has 21 heavy (non-hydrogen) atoms. The second kappa shape index (κ2) is 7.31. The first-order valence-corrected chi connectivity index (χ1v) is 7.28. The van der Waals surface area contributed by atoms with Gasteiger partial charge < -0.3 is 4.74 Å². The maximum absolute atomic E-state index is 12.8. The Bertz CT molecular complexity index is 501. The maximum atomic E-state index is 12.8. The Morgan fingerprint density at radius 2 is 2.05 bits per heavy atom. The molecular weight excluding hydrogens is 273 g/mol. The molecule has 1 aromatic carbocycles. The van der Waals surface area contributed by atoms with E-state index in [2.05, 4.69) is 0 Å². The van der Waals surface area contributed by atoms with E-state index in [1.807, 2.05) is 4.90 Å². The van der Waals surface area contributed by atoms with E-state index in [4.69, 9.17) is 4.74 Å². The normalized spacial score (nSPS) is 19.2. The van der Waals surface area contributed by atoms with Crippen LogP contribution in [0.4, 0.5) is 4.39 Å². The summed E-state index contributed by atoms with van der Waals surface area (Å²) in [6.07, 6.45) is 1.68. The van der Waals surface area contributed by atoms with Gasteiger partial charge in [-0.05, 0) is 50.6 Å². The highest BCUT2D eigenvalue weighted by Gasteiger charge is 2.27. The fourth-order valence-electron chi connectivity index (χ4n) is 2.58. The number of carbonyl (C=O) groups excluding carboxylic acids is 2. The van der Waals surface area contributed by atoms with Crippen LogP contribution in [0.15, 0.2) is 24.3 Å². The summed E-state index contributed by atoms with van der Waals surface area (Å²) in [5.41, 5.74) is 0.495. The number of ketones is 1. The van der Waals surface area contributed by atoms with Crippen molar-refractivity contribution in [2.24, 2.45) is 5.92 Å². The predicted molar refractivity (Wildman–Crippen MR) is 76.5 cm³/mol. The van der Waals surface area contributed by atoms with Crippen LogP contribution in [0.1, 0.15) is 30.1 Å². The van der Waals surface area contributed by atoms with Crippen LogP contribution in [-0.2, 0) is 9.53 Å². The zero-order valence-corrected chi connectivity index (χ0v) is 12.2. The van der Waals surface area contributed by atoms with Gasteiger partial charge in [0.1, 0.15) is 5.82 Å². The molecule has 0 aromatic heterocycles. The smallest absolute Gasteiger partial charge is 0.310 e. The van der Waals surface area contributed by atoms with Crippen LogP contribution < -0.4 is 0 Å². The van der Waals surface area contributed by atoms with E-state index < -0.39 is 0 Å². The average molecular weight is 293 g/mol. The summed E-state index contributed by atoms with van der Waals surface area (Å²) in [6, 6.07) is 5.55. The van der Waals surface area contributed by atoms with Gasteiger partial charge in [0, 0.05) is 12.1 Å². The Kier molecular flexibility index (Phi) is 5.44. The van der Waals surface area contributed by atoms with Gasteiger partial charge in [-0.2, -0.15) is 0 Å². The Morgan fingerprint density at radius 3 is 2.71 bits per heavy atom. The highest BCUT2D eigenvalue weighted by Crippen LogP contribution is 2.18. The zero-order valence-electron chi connectivity index (χ0n) is 12.2. The number of benzene rings is 1. The molecule has 5 heteroatoms. The van der Waals surface area contributed by atoms with Crippen molar-refractivity contribution in [3.8, 4) is 0 Å². The molecule has 1 heterocycles. The molecule has 0 saturated carbocycles. The van der Waals surface area contributed by atoms with E-state index in [1.165, 1.54) is 24.3 Å². The SMILES string of the molecule is CCOC(=O)[C@H]1CCCN(CC(=O)c2ccc(F)cc2)C1. The summed E-state index contributed by atoms with van der Waals surface area (Å²) >= 11 is 0. The Hall–Kier alpha value is -1.75. The molecule has 1 atom stereocenters. The molecule has 1 aromatic rings. The molecule has 0 bridgehead atoms. The molecule has 4 nitrogen and oxygen atoms in total. The average Bonchev–Trinajstić information content (AvgIpc) is 2.48. The first kappa shape index (κ1) is 15.6. The monoisotopic (exact) mass is 293 g/mol. The molecule has 0 spiro atoms. The molecule has 0 aliphatic carbocycles. The number of piperidine rings is 1. The van der Waals surface area contributed by atoms with Crippen molar-refractivity contribution in [1.29, 1.82) is 0 Å². The molecule has 114 valence electrons. The minimum atomic E-state index is -0.355. The van der Waals surface area contributed by atoms with Gasteiger partial charge in [0.25, 0.3) is 0 Å². The standard InChI is InChI=1S/C16H20FNO3/c1-2-21-16(20)13-4-3-9-18(10-13)11-15(19)12-5-7-14(17)8-6-12/h5-8,13H,2-4,9-11H2,1H3/t13-/m0/s1. The molecule has 1 aliphatic heterocycles. The first-order chi connectivity index (χ1) is 10.1. The first-order valence-electron chi connectivity index (χ1n) is 7.28. The summed E-state index contributed by atoms with van der Waals surface area (Å²) in [5, 5.41) is 0. The molecule has 1 fully saturated rings. The fourth-order valence-corrected chi connectivity index (χ4v) is 2.58. The maximum Gasteiger partial charge on any atom is 0.310 e. The van der Waals surface area contributed by atoms with Crippen molar-refractivity contribution in [2.45, 2.75) is 19.8 Å². The number of halogens is 1. The lowest BCUT2D eigenvalue weighted by Gasteiger charge is -2.30. The number of hydrogen-bond acceptors (Lipinski definition) is 4. The van der Waals surface area contributed by atoms with E-state index in [0.717, 1.165) is 19.4 Å². The number of nitrogens with zero attached hydrogens (tertiary/aromatic N) is 1. The third-order valence-corrected chi connectivity index (χ3v) is 3.66. The highest BCUT2D eigenvalue weighted by molar-refractivity contribution is 5.97. The molecule has 0 N–H and O–H groups in total. The number of likely N-dealkylation sites (tertiary alicyclic amines) is 1. The lowest BCUT2D eigenvalue weighted by Crippen LogP contribution is -2.41. The lowest BCUT2D eigenvalue weighted by atomic mass is 9.97. The number of esters is 1. The molecular formula is C16H20FNO3. The predicted octanol–water partition coefficient (Wildman–Crippen LogP) is 2.28. The van der Waals surface area contributed by atoms with Gasteiger partial charge in [0.2, 0.25) is 0 Å². The Labute approximate surface area is 123 Å². The Morgan fingerprint density at radius 1 is 1.33 bits per heavy atom. The van der Waals surface area contributed by atoms with E-state index in [1.54, 1.807) is 6.92 Å². The quantitative estimate of drug-likeness (QED) is 0.617. The number of hydrogen-bond donors (Lipinski definition) is 0. The molecule has 0 unspecified atom stereocenters. The van der Waals surface area contributed by atoms with Gasteiger partial charge >= 0.3 is 5.97 Å². The number of carbonyl (C=O) groups is 2. The van der Waals surface area contributed by atoms with Crippen LogP contribution in [0.2, 0.25) is 0 Å². The summed E-state index contributed by atoms with van der Waals surface area (Å²) < 4.78 is 17.9. The minimum absolute atomic E-state index is 0.0560. The van der Waals surface area contributed by atoms with Gasteiger partial charge in [0.15, 0.2) is 5.78 Å². The molecule has 1 aliphatic rings. The van der Waals surface area contributed by atoms with E-state index in [0.29, 0.717) is 18.7 Å². The largest absolute Gasteiger partial charge is 0.466 e. The summed E-state index contributed by atoms with van der Waals surface area (Å²) in [7, 11) is 0. The van der Waals surface area contributed by atoms with Crippen LogP contribution >= 0.6 is 0 Å². The van der Waals surface area contributed by atoms with Crippen molar-refractivity contribution in [1.82, 2.24) is 4.90 Å². The number of Topliss-reactive ketones (excluding diaryl/α,β-unsaturated/α-hetero) is 1. The zero-order chi connectivity index (χ0) is 15.2. The van der Waals surface area contributed by atoms with Crippen molar-refractivity contribution < 1.29 is 18.7 Å². The van der Waals surface area contributed by atoms with E-state index >= 15 is 0 Å². The van der Waals surface area contributed by atoms with Gasteiger partial charge in [0.05, 0.1) is 19.1 Å². The third-order valence-electron chi connectivity index (χ3n) is 3.66. The van der Waals surface area contributed by atoms with Crippen molar-refractivity contribution in [3.05, 3.63) is 35.6 Å². The summed E-state index contributed by atoms with van der Waals surface area (Å²) in [4.78, 5) is 25.9. The fraction of sp³-hybridized carbons (Fsp3) is 0.500. The van der Waals surface area contributed by atoms with Crippen LogP contribution in [0.5, 0.6) is 0 Å². The van der Waals surface area contributed by atoms with Crippen molar-refractivity contribution in [3.63, 3.8) is 0 Å². The lowest BCUT2D eigenvalue weighted by molar-refractivity contribution is -0.149. The summed E-state index contributed by atoms with van der Waals surface area (Å²) in [5.74, 6) is -0.748. The van der Waals surface area contributed by atoms with Crippen molar-refractivity contribution in [2.75, 3.05) is 26.2 Å². The third kappa shape index (κ3) is 4.36. The van der Waals surface area contributed by atoms with Gasteiger partial charge in [-0.3, -0.25) is 14.5 Å².